The first-order chi connectivity index (χ1) is 13.1. The first-order valence-electron chi connectivity index (χ1n) is 9.67. The average Bonchev–Trinajstić information content (AvgIpc) is 3.50. The number of ether oxygens (including phenoxy) is 1. The van der Waals surface area contributed by atoms with E-state index in [-0.39, 0.29) is 6.10 Å². The largest absolute Gasteiger partial charge is 0.368 e. The zero-order valence-corrected chi connectivity index (χ0v) is 15.8. The van der Waals surface area contributed by atoms with E-state index < -0.39 is 11.6 Å². The third-order valence-electron chi connectivity index (χ3n) is 5.41. The quantitative estimate of drug-likeness (QED) is 0.471. The van der Waals surface area contributed by atoms with E-state index in [0.29, 0.717) is 30.6 Å². The molecule has 0 saturated carbocycles. The molecule has 1 saturated heterocycles. The van der Waals surface area contributed by atoms with Crippen molar-refractivity contribution in [1.82, 2.24) is 0 Å². The van der Waals surface area contributed by atoms with E-state index in [1.165, 1.54) is 16.3 Å². The molecule has 0 amide bonds. The minimum absolute atomic E-state index is 0.273. The van der Waals surface area contributed by atoms with Gasteiger partial charge in [-0.05, 0) is 65.3 Å². The second-order valence-electron chi connectivity index (χ2n) is 7.48. The Morgan fingerprint density at radius 1 is 0.889 bits per heavy atom. The standard InChI is InChI=1S/C24H24F2O/c1-3-4-16-5-8-19-13-17(6-9-18(19)12-16)7-10-20-15(2)11-21(22-14-27-22)24(26)23(20)25/h5-6,8-9,11-13,22H,3-4,7,10,14H2,1-2H3. The van der Waals surface area contributed by atoms with E-state index in [1.807, 2.05) is 6.92 Å². The van der Waals surface area contributed by atoms with Crippen LogP contribution in [0.3, 0.4) is 0 Å². The predicted molar refractivity (Wildman–Crippen MR) is 105 cm³/mol. The summed E-state index contributed by atoms with van der Waals surface area (Å²) in [5.41, 5.74) is 4.10. The summed E-state index contributed by atoms with van der Waals surface area (Å²) in [6, 6.07) is 14.7. The van der Waals surface area contributed by atoms with E-state index in [9.17, 15) is 8.78 Å². The monoisotopic (exact) mass is 366 g/mol. The molecule has 4 rings (SSSR count). The SMILES string of the molecule is CCCc1ccc2cc(CCc3c(C)cc(C4CO4)c(F)c3F)ccc2c1. The molecule has 3 aromatic carbocycles. The van der Waals surface area contributed by atoms with Crippen LogP contribution in [0.25, 0.3) is 10.8 Å². The van der Waals surface area contributed by atoms with Crippen LogP contribution in [0.15, 0.2) is 42.5 Å². The molecule has 0 aromatic heterocycles. The van der Waals surface area contributed by atoms with Crippen molar-refractivity contribution in [2.45, 2.75) is 45.6 Å². The maximum absolute atomic E-state index is 14.6. The summed E-state index contributed by atoms with van der Waals surface area (Å²) in [6.45, 7) is 4.51. The molecule has 3 aromatic rings. The van der Waals surface area contributed by atoms with Gasteiger partial charge < -0.3 is 4.74 Å². The van der Waals surface area contributed by atoms with Crippen LogP contribution in [0.4, 0.5) is 8.78 Å². The van der Waals surface area contributed by atoms with Crippen LogP contribution in [0.2, 0.25) is 0 Å². The molecule has 1 heterocycles. The van der Waals surface area contributed by atoms with Gasteiger partial charge in [-0.25, -0.2) is 8.78 Å². The van der Waals surface area contributed by atoms with Gasteiger partial charge in [0.15, 0.2) is 11.6 Å². The molecule has 1 aliphatic rings. The van der Waals surface area contributed by atoms with Gasteiger partial charge in [-0.3, -0.25) is 0 Å². The molecule has 0 N–H and O–H groups in total. The number of aryl methyl sites for hydroxylation is 3. The fourth-order valence-corrected chi connectivity index (χ4v) is 3.80. The van der Waals surface area contributed by atoms with Crippen LogP contribution in [0.1, 0.15) is 47.3 Å². The van der Waals surface area contributed by atoms with Gasteiger partial charge in [-0.15, -0.1) is 0 Å². The maximum Gasteiger partial charge on any atom is 0.165 e. The molecule has 3 heteroatoms. The highest BCUT2D eigenvalue weighted by molar-refractivity contribution is 5.83. The summed E-state index contributed by atoms with van der Waals surface area (Å²) >= 11 is 0. The molecule has 0 bridgehead atoms. The Morgan fingerprint density at radius 2 is 1.52 bits per heavy atom. The molecule has 1 fully saturated rings. The summed E-state index contributed by atoms with van der Waals surface area (Å²) in [5.74, 6) is -1.47. The van der Waals surface area contributed by atoms with Crippen LogP contribution in [0, 0.1) is 18.6 Å². The highest BCUT2D eigenvalue weighted by Crippen LogP contribution is 2.35. The van der Waals surface area contributed by atoms with Crippen LogP contribution in [-0.4, -0.2) is 6.61 Å². The molecule has 1 aliphatic heterocycles. The maximum atomic E-state index is 14.6. The molecular weight excluding hydrogens is 342 g/mol. The highest BCUT2D eigenvalue weighted by atomic mass is 19.2. The van der Waals surface area contributed by atoms with Crippen LogP contribution in [-0.2, 0) is 24.0 Å². The van der Waals surface area contributed by atoms with Gasteiger partial charge in [0.2, 0.25) is 0 Å². The summed E-state index contributed by atoms with van der Waals surface area (Å²) < 4.78 is 34.0. The first kappa shape index (κ1) is 18.1. The van der Waals surface area contributed by atoms with Gasteiger partial charge in [0.25, 0.3) is 0 Å². The van der Waals surface area contributed by atoms with E-state index in [4.69, 9.17) is 4.74 Å². The Kier molecular flexibility index (Phi) is 4.96. The lowest BCUT2D eigenvalue weighted by Gasteiger charge is -2.12. The van der Waals surface area contributed by atoms with Crippen molar-refractivity contribution in [2.75, 3.05) is 6.61 Å². The van der Waals surface area contributed by atoms with Gasteiger partial charge in [0, 0.05) is 5.56 Å². The van der Waals surface area contributed by atoms with Crippen molar-refractivity contribution < 1.29 is 13.5 Å². The van der Waals surface area contributed by atoms with Gasteiger partial charge >= 0.3 is 0 Å². The molecule has 27 heavy (non-hydrogen) atoms. The number of halogens is 2. The van der Waals surface area contributed by atoms with E-state index in [1.54, 1.807) is 6.07 Å². The van der Waals surface area contributed by atoms with E-state index >= 15 is 0 Å². The number of benzene rings is 3. The van der Waals surface area contributed by atoms with Crippen molar-refractivity contribution in [1.29, 1.82) is 0 Å². The second-order valence-corrected chi connectivity index (χ2v) is 7.48. The summed E-state index contributed by atoms with van der Waals surface area (Å²) in [5, 5.41) is 2.42. The molecule has 0 spiro atoms. The first-order valence-corrected chi connectivity index (χ1v) is 9.67. The van der Waals surface area contributed by atoms with Gasteiger partial charge in [-0.2, -0.15) is 0 Å². The minimum Gasteiger partial charge on any atom is -0.368 e. The van der Waals surface area contributed by atoms with Gasteiger partial charge in [0.1, 0.15) is 6.10 Å². The smallest absolute Gasteiger partial charge is 0.165 e. The van der Waals surface area contributed by atoms with Crippen molar-refractivity contribution in [2.24, 2.45) is 0 Å². The topological polar surface area (TPSA) is 12.5 Å². The molecular formula is C24H24F2O. The molecule has 1 unspecified atom stereocenters. The van der Waals surface area contributed by atoms with E-state index in [0.717, 1.165) is 24.0 Å². The Morgan fingerprint density at radius 3 is 2.11 bits per heavy atom. The third-order valence-corrected chi connectivity index (χ3v) is 5.41. The Balaban J connectivity index is 1.54. The number of hydrogen-bond acceptors (Lipinski definition) is 1. The van der Waals surface area contributed by atoms with Crippen LogP contribution >= 0.6 is 0 Å². The Hall–Kier alpha value is -2.26. The second kappa shape index (κ2) is 7.40. The molecule has 1 nitrogen and oxygen atoms in total. The third kappa shape index (κ3) is 3.74. The number of rotatable bonds is 6. The zero-order valence-electron chi connectivity index (χ0n) is 15.8. The van der Waals surface area contributed by atoms with Crippen molar-refractivity contribution >= 4 is 10.8 Å². The highest BCUT2D eigenvalue weighted by Gasteiger charge is 2.30. The minimum atomic E-state index is -0.750. The molecule has 1 atom stereocenters. The normalized spacial score (nSPS) is 16.1. The lowest BCUT2D eigenvalue weighted by molar-refractivity contribution is 0.400. The molecule has 0 radical (unpaired) electrons. The van der Waals surface area contributed by atoms with Crippen molar-refractivity contribution in [3.05, 3.63) is 81.9 Å². The summed E-state index contributed by atoms with van der Waals surface area (Å²) in [6.07, 6.45) is 3.12. The Labute approximate surface area is 159 Å². The molecule has 140 valence electrons. The molecule has 0 aliphatic carbocycles. The van der Waals surface area contributed by atoms with Gasteiger partial charge in [-0.1, -0.05) is 49.7 Å². The van der Waals surface area contributed by atoms with Crippen LogP contribution in [0.5, 0.6) is 0 Å². The number of epoxide rings is 1. The van der Waals surface area contributed by atoms with Gasteiger partial charge in [0.05, 0.1) is 6.61 Å². The number of hydrogen-bond donors (Lipinski definition) is 0. The lowest BCUT2D eigenvalue weighted by Crippen LogP contribution is -2.04. The fraction of sp³-hybridized carbons (Fsp3) is 0.333. The van der Waals surface area contributed by atoms with Crippen molar-refractivity contribution in [3.63, 3.8) is 0 Å². The Bertz CT molecular complexity index is 989. The fourth-order valence-electron chi connectivity index (χ4n) is 3.80. The van der Waals surface area contributed by atoms with E-state index in [2.05, 4.69) is 43.3 Å². The summed E-state index contributed by atoms with van der Waals surface area (Å²) in [7, 11) is 0. The van der Waals surface area contributed by atoms with Crippen molar-refractivity contribution in [3.8, 4) is 0 Å². The average molecular weight is 366 g/mol. The number of fused-ring (bicyclic) bond motifs is 1. The summed E-state index contributed by atoms with van der Waals surface area (Å²) in [4.78, 5) is 0. The lowest BCUT2D eigenvalue weighted by atomic mass is 9.95. The van der Waals surface area contributed by atoms with Crippen LogP contribution < -0.4 is 0 Å². The predicted octanol–water partition coefficient (Wildman–Crippen LogP) is 6.24. The zero-order chi connectivity index (χ0) is 19.0.